The van der Waals surface area contributed by atoms with E-state index in [9.17, 15) is 9.59 Å². The number of imidazole rings is 1. The second-order valence-electron chi connectivity index (χ2n) is 7.17. The van der Waals surface area contributed by atoms with Crippen LogP contribution < -0.4 is 4.74 Å². The highest BCUT2D eigenvalue weighted by Crippen LogP contribution is 2.24. The minimum atomic E-state index is -0.359. The number of rotatable bonds is 8. The summed E-state index contributed by atoms with van der Waals surface area (Å²) in [6.45, 7) is 6.34. The summed E-state index contributed by atoms with van der Waals surface area (Å²) in [7, 11) is 1.37. The van der Waals surface area contributed by atoms with Crippen molar-refractivity contribution in [3.05, 3.63) is 65.1 Å². The Hall–Kier alpha value is -3.15. The van der Waals surface area contributed by atoms with Gasteiger partial charge in [0.15, 0.2) is 17.2 Å². The van der Waals surface area contributed by atoms with Gasteiger partial charge in [-0.15, -0.1) is 0 Å². The Morgan fingerprint density at radius 3 is 2.72 bits per heavy atom. The van der Waals surface area contributed by atoms with Gasteiger partial charge < -0.3 is 9.47 Å². The van der Waals surface area contributed by atoms with Crippen LogP contribution in [0.5, 0.6) is 5.75 Å². The number of hydrogen-bond donors (Lipinski definition) is 0. The van der Waals surface area contributed by atoms with Crippen molar-refractivity contribution in [1.82, 2.24) is 9.38 Å². The number of ketones is 1. The number of fused-ring (bicyclic) bond motifs is 1. The van der Waals surface area contributed by atoms with E-state index in [1.165, 1.54) is 7.11 Å². The Bertz CT molecular complexity index is 1040. The minimum Gasteiger partial charge on any atom is -0.490 e. The van der Waals surface area contributed by atoms with Gasteiger partial charge in [-0.2, -0.15) is 0 Å². The van der Waals surface area contributed by atoms with Crippen LogP contribution in [-0.4, -0.2) is 34.9 Å². The van der Waals surface area contributed by atoms with Gasteiger partial charge in [0.1, 0.15) is 5.69 Å². The van der Waals surface area contributed by atoms with Gasteiger partial charge in [0.05, 0.1) is 25.0 Å². The fourth-order valence-corrected chi connectivity index (χ4v) is 3.59. The quantitative estimate of drug-likeness (QED) is 0.421. The molecule has 2 heterocycles. The summed E-state index contributed by atoms with van der Waals surface area (Å²) in [4.78, 5) is 29.3. The highest BCUT2D eigenvalue weighted by atomic mass is 16.5. The SMILES string of the molecule is CCOc1cccn2c(C(=O)C[C@@H](C)Cc3cccc(C(=O)OC)c3)c(C)nc12. The molecule has 0 aliphatic carbocycles. The Morgan fingerprint density at radius 2 is 2.00 bits per heavy atom. The summed E-state index contributed by atoms with van der Waals surface area (Å²) < 4.78 is 12.2. The summed E-state index contributed by atoms with van der Waals surface area (Å²) in [5, 5.41) is 0. The van der Waals surface area contributed by atoms with Crippen molar-refractivity contribution in [3.8, 4) is 5.75 Å². The predicted molar refractivity (Wildman–Crippen MR) is 111 cm³/mol. The number of hydrogen-bond acceptors (Lipinski definition) is 5. The Labute approximate surface area is 170 Å². The van der Waals surface area contributed by atoms with E-state index in [0.29, 0.717) is 47.8 Å². The van der Waals surface area contributed by atoms with Crippen LogP contribution in [-0.2, 0) is 11.2 Å². The van der Waals surface area contributed by atoms with E-state index in [1.54, 1.807) is 6.07 Å². The maximum atomic E-state index is 13.1. The molecule has 0 spiro atoms. The fourth-order valence-electron chi connectivity index (χ4n) is 3.59. The Morgan fingerprint density at radius 1 is 1.21 bits per heavy atom. The van der Waals surface area contributed by atoms with Crippen molar-refractivity contribution in [2.24, 2.45) is 5.92 Å². The number of aryl methyl sites for hydroxylation is 1. The third-order valence-corrected chi connectivity index (χ3v) is 4.82. The molecule has 0 radical (unpaired) electrons. The van der Waals surface area contributed by atoms with Gasteiger partial charge in [-0.3, -0.25) is 9.20 Å². The van der Waals surface area contributed by atoms with Gasteiger partial charge in [-0.1, -0.05) is 19.1 Å². The second-order valence-corrected chi connectivity index (χ2v) is 7.17. The molecular formula is C23H26N2O4. The highest BCUT2D eigenvalue weighted by molar-refractivity contribution is 5.97. The number of carbonyl (C=O) groups is 2. The van der Waals surface area contributed by atoms with E-state index in [0.717, 1.165) is 5.56 Å². The molecule has 0 saturated carbocycles. The number of Topliss-reactive ketones (excluding diaryl/α,β-unsaturated/α-hetero) is 1. The standard InChI is InChI=1S/C23H26N2O4/c1-5-29-20-10-7-11-25-21(16(3)24-22(20)25)19(26)13-15(2)12-17-8-6-9-18(14-17)23(27)28-4/h6-11,14-15H,5,12-13H2,1-4H3/t15-/m0/s1. The zero-order valence-corrected chi connectivity index (χ0v) is 17.3. The maximum Gasteiger partial charge on any atom is 0.337 e. The number of methoxy groups -OCH3 is 1. The Kier molecular flexibility index (Phi) is 6.32. The molecule has 2 aromatic heterocycles. The van der Waals surface area contributed by atoms with E-state index < -0.39 is 0 Å². The molecule has 3 aromatic rings. The van der Waals surface area contributed by atoms with Gasteiger partial charge in [0.25, 0.3) is 0 Å². The van der Waals surface area contributed by atoms with Crippen LogP contribution in [0, 0.1) is 12.8 Å². The third kappa shape index (κ3) is 4.47. The summed E-state index contributed by atoms with van der Waals surface area (Å²) in [6, 6.07) is 11.1. The van der Waals surface area contributed by atoms with Crippen molar-refractivity contribution >= 4 is 17.4 Å². The summed E-state index contributed by atoms with van der Waals surface area (Å²) in [6.07, 6.45) is 2.92. The van der Waals surface area contributed by atoms with Crippen LogP contribution in [0.15, 0.2) is 42.6 Å². The largest absolute Gasteiger partial charge is 0.490 e. The van der Waals surface area contributed by atoms with E-state index in [2.05, 4.69) is 4.98 Å². The minimum absolute atomic E-state index is 0.0419. The first-order chi connectivity index (χ1) is 13.9. The van der Waals surface area contributed by atoms with Crippen LogP contribution in [0.1, 0.15) is 52.4 Å². The lowest BCUT2D eigenvalue weighted by atomic mass is 9.94. The summed E-state index contributed by atoms with van der Waals surface area (Å²) in [5.41, 5.74) is 3.47. The van der Waals surface area contributed by atoms with Crippen molar-refractivity contribution in [3.63, 3.8) is 0 Å². The molecule has 6 nitrogen and oxygen atoms in total. The fraction of sp³-hybridized carbons (Fsp3) is 0.348. The molecule has 0 unspecified atom stereocenters. The Balaban J connectivity index is 1.77. The number of benzene rings is 1. The maximum absolute atomic E-state index is 13.1. The van der Waals surface area contributed by atoms with Crippen molar-refractivity contribution < 1.29 is 19.1 Å². The van der Waals surface area contributed by atoms with Crippen LogP contribution in [0.3, 0.4) is 0 Å². The zero-order chi connectivity index (χ0) is 21.0. The number of nitrogens with zero attached hydrogens (tertiary/aromatic N) is 2. The van der Waals surface area contributed by atoms with Crippen LogP contribution in [0.25, 0.3) is 5.65 Å². The lowest BCUT2D eigenvalue weighted by molar-refractivity contribution is 0.0600. The number of aromatic nitrogens is 2. The second kappa shape index (κ2) is 8.90. The average molecular weight is 394 g/mol. The highest BCUT2D eigenvalue weighted by Gasteiger charge is 2.21. The van der Waals surface area contributed by atoms with Crippen molar-refractivity contribution in [1.29, 1.82) is 0 Å². The predicted octanol–water partition coefficient (Wildman–Crippen LogP) is 4.28. The molecule has 6 heteroatoms. The van der Waals surface area contributed by atoms with E-state index >= 15 is 0 Å². The van der Waals surface area contributed by atoms with Gasteiger partial charge in [-0.05, 0) is 56.0 Å². The molecule has 0 saturated heterocycles. The monoisotopic (exact) mass is 394 g/mol. The first kappa shape index (κ1) is 20.6. The molecule has 3 rings (SSSR count). The number of carbonyl (C=O) groups excluding carboxylic acids is 2. The number of esters is 1. The van der Waals surface area contributed by atoms with Crippen LogP contribution in [0.4, 0.5) is 0 Å². The van der Waals surface area contributed by atoms with Crippen molar-refractivity contribution in [2.75, 3.05) is 13.7 Å². The van der Waals surface area contributed by atoms with Gasteiger partial charge >= 0.3 is 5.97 Å². The molecule has 0 bridgehead atoms. The smallest absolute Gasteiger partial charge is 0.337 e. The third-order valence-electron chi connectivity index (χ3n) is 4.82. The number of ether oxygens (including phenoxy) is 2. The summed E-state index contributed by atoms with van der Waals surface area (Å²) in [5.74, 6) is 0.461. The van der Waals surface area contributed by atoms with Gasteiger partial charge in [0.2, 0.25) is 0 Å². The topological polar surface area (TPSA) is 69.9 Å². The van der Waals surface area contributed by atoms with Crippen molar-refractivity contribution in [2.45, 2.75) is 33.6 Å². The first-order valence-electron chi connectivity index (χ1n) is 9.75. The first-order valence-corrected chi connectivity index (χ1v) is 9.75. The molecule has 0 aliphatic heterocycles. The molecule has 0 aliphatic rings. The van der Waals surface area contributed by atoms with Crippen LogP contribution >= 0.6 is 0 Å². The lowest BCUT2D eigenvalue weighted by Gasteiger charge is -2.12. The molecular weight excluding hydrogens is 368 g/mol. The molecule has 1 aromatic carbocycles. The molecule has 1 atom stereocenters. The average Bonchev–Trinajstić information content (AvgIpc) is 3.04. The lowest BCUT2D eigenvalue weighted by Crippen LogP contribution is -2.12. The van der Waals surface area contributed by atoms with E-state index in [1.807, 2.05) is 61.7 Å². The molecule has 0 amide bonds. The van der Waals surface area contributed by atoms with Gasteiger partial charge in [-0.25, -0.2) is 9.78 Å². The zero-order valence-electron chi connectivity index (χ0n) is 17.3. The molecule has 0 fully saturated rings. The normalized spacial score (nSPS) is 12.0. The molecule has 152 valence electrons. The molecule has 29 heavy (non-hydrogen) atoms. The van der Waals surface area contributed by atoms with Gasteiger partial charge in [0, 0.05) is 12.6 Å². The van der Waals surface area contributed by atoms with Crippen LogP contribution in [0.2, 0.25) is 0 Å². The van der Waals surface area contributed by atoms with E-state index in [-0.39, 0.29) is 17.7 Å². The van der Waals surface area contributed by atoms with E-state index in [4.69, 9.17) is 9.47 Å². The number of pyridine rings is 1. The molecule has 0 N–H and O–H groups in total. The summed E-state index contributed by atoms with van der Waals surface area (Å²) >= 11 is 0.